The molecule has 0 aliphatic rings. The first kappa shape index (κ1) is 12.3. The summed E-state index contributed by atoms with van der Waals surface area (Å²) in [5.74, 6) is 1.16. The van der Waals surface area contributed by atoms with Crippen molar-refractivity contribution in [3.8, 4) is 0 Å². The molecule has 1 rings (SSSR count). The Morgan fingerprint density at radius 3 is 2.08 bits per heavy atom. The van der Waals surface area contributed by atoms with Crippen molar-refractivity contribution in [2.24, 2.45) is 0 Å². The van der Waals surface area contributed by atoms with Crippen molar-refractivity contribution < 1.29 is 17.0 Å². The van der Waals surface area contributed by atoms with Crippen molar-refractivity contribution in [1.82, 2.24) is 0 Å². The van der Waals surface area contributed by atoms with E-state index < -0.39 is 0 Å². The second-order valence-electron chi connectivity index (χ2n) is 2.76. The van der Waals surface area contributed by atoms with Crippen molar-refractivity contribution in [1.29, 1.82) is 0 Å². The Morgan fingerprint density at radius 1 is 1.17 bits per heavy atom. The zero-order valence-electron chi connectivity index (χ0n) is 7.18. The molecule has 0 aromatic heterocycles. The number of hydrogen-bond donors (Lipinski definition) is 0. The van der Waals surface area contributed by atoms with Gasteiger partial charge in [-0.2, -0.15) is 0 Å². The maximum Gasteiger partial charge on any atom is 0.132 e. The van der Waals surface area contributed by atoms with Gasteiger partial charge in [-0.3, -0.25) is 0 Å². The highest BCUT2D eigenvalue weighted by Gasteiger charge is 2.03. The zero-order valence-corrected chi connectivity index (χ0v) is 10.3. The minimum absolute atomic E-state index is 0. The molecule has 0 fully saturated rings. The largest absolute Gasteiger partial charge is 1.00 e. The van der Waals surface area contributed by atoms with Crippen LogP contribution in [0, 0.1) is 0 Å². The van der Waals surface area contributed by atoms with Gasteiger partial charge in [-0.1, -0.05) is 23.7 Å². The molecule has 0 N–H and O–H groups in total. The smallest absolute Gasteiger partial charge is 0.132 e. The maximum absolute atomic E-state index is 5.75. The number of benzene rings is 1. The minimum atomic E-state index is 0. The molecule has 0 heterocycles. The van der Waals surface area contributed by atoms with Crippen molar-refractivity contribution in [2.45, 2.75) is 5.75 Å². The molecule has 0 saturated heterocycles. The summed E-state index contributed by atoms with van der Waals surface area (Å²) in [5, 5.41) is 0.820. The Kier molecular flexibility index (Phi) is 6.06. The summed E-state index contributed by atoms with van der Waals surface area (Å²) < 4.78 is 0. The first-order valence-corrected chi connectivity index (χ1v) is 6.06. The summed E-state index contributed by atoms with van der Waals surface area (Å²) in [6.07, 6.45) is 4.49. The molecule has 3 heteroatoms. The second-order valence-corrected chi connectivity index (χ2v) is 5.45. The second kappa shape index (κ2) is 5.90. The van der Waals surface area contributed by atoms with Crippen molar-refractivity contribution >= 4 is 22.5 Å². The van der Waals surface area contributed by atoms with Crippen molar-refractivity contribution in [2.75, 3.05) is 12.5 Å². The molecule has 1 aromatic carbocycles. The first-order valence-electron chi connectivity index (χ1n) is 3.47. The summed E-state index contributed by atoms with van der Waals surface area (Å²) in [6, 6.07) is 8.08. The normalized spacial score (nSPS) is 9.67. The summed E-state index contributed by atoms with van der Waals surface area (Å²) in [5.41, 5.74) is 1.38. The summed E-state index contributed by atoms with van der Waals surface area (Å²) in [7, 11) is 0.484. The zero-order chi connectivity index (χ0) is 8.27. The maximum atomic E-state index is 5.75. The van der Waals surface area contributed by atoms with Crippen LogP contribution in [0.2, 0.25) is 5.02 Å². The summed E-state index contributed by atoms with van der Waals surface area (Å²) >= 11 is 5.75. The van der Waals surface area contributed by atoms with Crippen molar-refractivity contribution in [3.05, 3.63) is 34.9 Å². The number of rotatable bonds is 2. The average Bonchev–Trinajstić information content (AvgIpc) is 1.93. The minimum Gasteiger partial charge on any atom is -1.00 e. The lowest BCUT2D eigenvalue weighted by Crippen LogP contribution is -3.00. The molecule has 0 unspecified atom stereocenters. The quantitative estimate of drug-likeness (QED) is 0.647. The van der Waals surface area contributed by atoms with Crippen LogP contribution in [0.3, 0.4) is 0 Å². The van der Waals surface area contributed by atoms with Gasteiger partial charge in [0.15, 0.2) is 0 Å². The van der Waals surface area contributed by atoms with Gasteiger partial charge in [0.2, 0.25) is 0 Å². The highest BCUT2D eigenvalue weighted by molar-refractivity contribution is 7.94. The number of halogens is 2. The van der Waals surface area contributed by atoms with Gasteiger partial charge in [0.05, 0.1) is 12.5 Å². The topological polar surface area (TPSA) is 0 Å². The summed E-state index contributed by atoms with van der Waals surface area (Å²) in [4.78, 5) is 0. The van der Waals surface area contributed by atoms with Crippen LogP contribution in [0.4, 0.5) is 0 Å². The molecule has 0 spiro atoms. The lowest BCUT2D eigenvalue weighted by Gasteiger charge is -1.97. The molecular formula is C9H12BrClS. The van der Waals surface area contributed by atoms with Crippen molar-refractivity contribution in [3.63, 3.8) is 0 Å². The van der Waals surface area contributed by atoms with E-state index in [0.717, 1.165) is 10.8 Å². The Bertz CT molecular complexity index is 220. The fourth-order valence-corrected chi connectivity index (χ4v) is 1.90. The third-order valence-corrected chi connectivity index (χ3v) is 2.53. The molecule has 0 amide bonds. The molecule has 0 radical (unpaired) electrons. The Morgan fingerprint density at radius 2 is 1.67 bits per heavy atom. The molecular weight excluding hydrogens is 256 g/mol. The Labute approximate surface area is 92.4 Å². The lowest BCUT2D eigenvalue weighted by molar-refractivity contribution is -0.00000233. The van der Waals surface area contributed by atoms with Gasteiger partial charge in [-0.25, -0.2) is 0 Å². The molecule has 12 heavy (non-hydrogen) atoms. The fraction of sp³-hybridized carbons (Fsp3) is 0.333. The molecule has 0 aliphatic carbocycles. The molecule has 0 atom stereocenters. The molecule has 68 valence electrons. The van der Waals surface area contributed by atoms with Crippen LogP contribution in [-0.2, 0) is 16.6 Å². The van der Waals surface area contributed by atoms with Crippen LogP contribution in [0.1, 0.15) is 5.56 Å². The van der Waals surface area contributed by atoms with E-state index in [9.17, 15) is 0 Å². The predicted octanol–water partition coefficient (Wildman–Crippen LogP) is -0.278. The van der Waals surface area contributed by atoms with Crippen LogP contribution < -0.4 is 17.0 Å². The fourth-order valence-electron chi connectivity index (χ4n) is 0.914. The van der Waals surface area contributed by atoms with Crippen LogP contribution in [0.5, 0.6) is 0 Å². The summed E-state index contributed by atoms with van der Waals surface area (Å²) in [6.45, 7) is 0. The van der Waals surface area contributed by atoms with Gasteiger partial charge in [-0.05, 0) is 23.0 Å². The van der Waals surface area contributed by atoms with Gasteiger partial charge < -0.3 is 17.0 Å². The highest BCUT2D eigenvalue weighted by Crippen LogP contribution is 2.11. The van der Waals surface area contributed by atoms with Gasteiger partial charge >= 0.3 is 0 Å². The van der Waals surface area contributed by atoms with Gasteiger partial charge in [0.25, 0.3) is 0 Å². The standard InChI is InChI=1S/C9H12ClS.BrH/c1-11(2)7-8-3-5-9(10)6-4-8;/h3-6H,7H2,1-2H3;1H/q+1;/p-1. The van der Waals surface area contributed by atoms with E-state index in [0.29, 0.717) is 10.9 Å². The van der Waals surface area contributed by atoms with Crippen LogP contribution in [0.15, 0.2) is 24.3 Å². The van der Waals surface area contributed by atoms with E-state index in [1.54, 1.807) is 0 Å². The highest BCUT2D eigenvalue weighted by atomic mass is 79.9. The first-order chi connectivity index (χ1) is 5.18. The third kappa shape index (κ3) is 4.39. The SMILES string of the molecule is C[S+](C)Cc1ccc(Cl)cc1.[Br-]. The van der Waals surface area contributed by atoms with Crippen LogP contribution in [0.25, 0.3) is 0 Å². The van der Waals surface area contributed by atoms with Crippen LogP contribution >= 0.6 is 11.6 Å². The van der Waals surface area contributed by atoms with E-state index in [1.165, 1.54) is 5.56 Å². The van der Waals surface area contributed by atoms with Gasteiger partial charge in [-0.15, -0.1) is 0 Å². The Hall–Kier alpha value is 0.340. The molecule has 0 bridgehead atoms. The molecule has 0 aliphatic heterocycles. The van der Waals surface area contributed by atoms with E-state index in [1.807, 2.05) is 12.1 Å². The van der Waals surface area contributed by atoms with E-state index >= 15 is 0 Å². The molecule has 1 aromatic rings. The third-order valence-electron chi connectivity index (χ3n) is 1.37. The van der Waals surface area contributed by atoms with E-state index in [-0.39, 0.29) is 17.0 Å². The number of hydrogen-bond acceptors (Lipinski definition) is 0. The monoisotopic (exact) mass is 266 g/mol. The average molecular weight is 268 g/mol. The Balaban J connectivity index is 0.00000121. The van der Waals surface area contributed by atoms with E-state index in [2.05, 4.69) is 24.6 Å². The molecule has 0 nitrogen and oxygen atoms in total. The lowest BCUT2D eigenvalue weighted by atomic mass is 10.2. The predicted molar refractivity (Wildman–Crippen MR) is 54.4 cm³/mol. The van der Waals surface area contributed by atoms with Crippen LogP contribution in [-0.4, -0.2) is 12.5 Å². The van der Waals surface area contributed by atoms with Gasteiger partial charge in [0.1, 0.15) is 5.75 Å². The van der Waals surface area contributed by atoms with Gasteiger partial charge in [0, 0.05) is 10.6 Å². The molecule has 0 saturated carbocycles. The van der Waals surface area contributed by atoms with E-state index in [4.69, 9.17) is 11.6 Å².